The first-order valence-corrected chi connectivity index (χ1v) is 7.96. The number of nitrogens with zero attached hydrogens (tertiary/aromatic N) is 2. The van der Waals surface area contributed by atoms with Crippen LogP contribution in [0.1, 0.15) is 35.0 Å². The number of aryl methyl sites for hydroxylation is 1. The van der Waals surface area contributed by atoms with Crippen LogP contribution in [-0.2, 0) is 12.8 Å². The maximum atomic E-state index is 5.94. The van der Waals surface area contributed by atoms with Crippen LogP contribution in [0.2, 0.25) is 0 Å². The summed E-state index contributed by atoms with van der Waals surface area (Å²) in [6.07, 6.45) is 3.05. The van der Waals surface area contributed by atoms with Crippen LogP contribution in [0.4, 0.5) is 0 Å². The predicted octanol–water partition coefficient (Wildman–Crippen LogP) is 2.76. The third kappa shape index (κ3) is 2.99. The molecule has 1 N–H and O–H groups in total. The molecule has 1 unspecified atom stereocenters. The molecular weight excluding hydrogens is 270 g/mol. The lowest BCUT2D eigenvalue weighted by Gasteiger charge is -2.05. The maximum Gasteiger partial charge on any atom is 0.158 e. The topological polar surface area (TPSA) is 47.0 Å². The summed E-state index contributed by atoms with van der Waals surface area (Å²) in [6, 6.07) is 8.20. The summed E-state index contributed by atoms with van der Waals surface area (Å²) in [6.45, 7) is 4.18. The van der Waals surface area contributed by atoms with Crippen LogP contribution in [0.25, 0.3) is 0 Å². The summed E-state index contributed by atoms with van der Waals surface area (Å²) in [4.78, 5) is 0. The van der Waals surface area contributed by atoms with Crippen LogP contribution in [0.15, 0.2) is 24.3 Å². The molecule has 0 fully saturated rings. The van der Waals surface area contributed by atoms with Gasteiger partial charge in [0.1, 0.15) is 10.8 Å². The minimum Gasteiger partial charge on any atom is -0.483 e. The van der Waals surface area contributed by atoms with E-state index in [0.717, 1.165) is 48.1 Å². The molecule has 3 rings (SSSR count). The van der Waals surface area contributed by atoms with Crippen molar-refractivity contribution in [3.63, 3.8) is 0 Å². The van der Waals surface area contributed by atoms with Crippen LogP contribution in [0, 0.1) is 0 Å². The normalized spacial score (nSPS) is 16.9. The van der Waals surface area contributed by atoms with Gasteiger partial charge in [-0.3, -0.25) is 0 Å². The van der Waals surface area contributed by atoms with Gasteiger partial charge in [-0.1, -0.05) is 36.5 Å². The largest absolute Gasteiger partial charge is 0.483 e. The average molecular weight is 289 g/mol. The highest BCUT2D eigenvalue weighted by Gasteiger charge is 2.26. The zero-order valence-electron chi connectivity index (χ0n) is 11.6. The van der Waals surface area contributed by atoms with E-state index in [1.807, 2.05) is 12.1 Å². The fourth-order valence-electron chi connectivity index (χ4n) is 2.36. The van der Waals surface area contributed by atoms with Crippen molar-refractivity contribution >= 4 is 11.3 Å². The molecule has 0 saturated heterocycles. The van der Waals surface area contributed by atoms with E-state index in [0.29, 0.717) is 0 Å². The summed E-state index contributed by atoms with van der Waals surface area (Å²) in [5.41, 5.74) is 1.27. The third-order valence-electron chi connectivity index (χ3n) is 3.40. The Hall–Kier alpha value is -1.46. The lowest BCUT2D eigenvalue weighted by atomic mass is 10.1. The number of aromatic nitrogens is 2. The molecule has 0 amide bonds. The first kappa shape index (κ1) is 13.5. The maximum absolute atomic E-state index is 5.94. The molecule has 2 heterocycles. The Kier molecular flexibility index (Phi) is 4.28. The van der Waals surface area contributed by atoms with Crippen LogP contribution in [0.5, 0.6) is 5.75 Å². The fourth-order valence-corrected chi connectivity index (χ4v) is 3.27. The second kappa shape index (κ2) is 6.33. The first-order chi connectivity index (χ1) is 9.86. The van der Waals surface area contributed by atoms with Crippen molar-refractivity contribution in [3.8, 4) is 5.75 Å². The number of hydrogen-bond acceptors (Lipinski definition) is 5. The van der Waals surface area contributed by atoms with Gasteiger partial charge in [0.05, 0.1) is 0 Å². The van der Waals surface area contributed by atoms with Gasteiger partial charge in [-0.25, -0.2) is 0 Å². The Morgan fingerprint density at radius 2 is 2.25 bits per heavy atom. The Morgan fingerprint density at radius 3 is 3.10 bits per heavy atom. The minimum absolute atomic E-state index is 0.0485. The highest BCUT2D eigenvalue weighted by atomic mass is 32.1. The number of para-hydroxylation sites is 1. The van der Waals surface area contributed by atoms with Gasteiger partial charge in [0.15, 0.2) is 11.1 Å². The molecule has 1 atom stereocenters. The van der Waals surface area contributed by atoms with E-state index in [1.165, 1.54) is 5.56 Å². The van der Waals surface area contributed by atoms with Gasteiger partial charge in [0.25, 0.3) is 0 Å². The second-order valence-corrected chi connectivity index (χ2v) is 6.00. The van der Waals surface area contributed by atoms with Crippen LogP contribution < -0.4 is 10.1 Å². The van der Waals surface area contributed by atoms with Crippen molar-refractivity contribution in [1.29, 1.82) is 0 Å². The smallest absolute Gasteiger partial charge is 0.158 e. The highest BCUT2D eigenvalue weighted by Crippen LogP contribution is 2.37. The Balaban J connectivity index is 1.58. The lowest BCUT2D eigenvalue weighted by Crippen LogP contribution is -2.14. The van der Waals surface area contributed by atoms with Crippen molar-refractivity contribution in [2.75, 3.05) is 13.1 Å². The molecule has 0 radical (unpaired) electrons. The van der Waals surface area contributed by atoms with Gasteiger partial charge in [-0.05, 0) is 31.1 Å². The highest BCUT2D eigenvalue weighted by molar-refractivity contribution is 7.11. The first-order valence-electron chi connectivity index (χ1n) is 7.14. The molecule has 0 spiro atoms. The molecule has 0 saturated carbocycles. The molecule has 5 heteroatoms. The summed E-state index contributed by atoms with van der Waals surface area (Å²) in [7, 11) is 0. The molecule has 106 valence electrons. The standard InChI is InChI=1S/C15H19N3OS/c1-2-16-9-5-8-14-17-18-15(20-14)13-10-11-6-3-4-7-12(11)19-13/h3-4,6-7,13,16H,2,5,8-10H2,1H3. The molecule has 1 aliphatic heterocycles. The van der Waals surface area contributed by atoms with E-state index in [-0.39, 0.29) is 6.10 Å². The molecule has 4 nitrogen and oxygen atoms in total. The Bertz CT molecular complexity index is 545. The number of rotatable bonds is 6. The van der Waals surface area contributed by atoms with E-state index in [9.17, 15) is 0 Å². The molecular formula is C15H19N3OS. The molecule has 2 aromatic rings. The summed E-state index contributed by atoms with van der Waals surface area (Å²) >= 11 is 1.68. The molecule has 20 heavy (non-hydrogen) atoms. The van der Waals surface area contributed by atoms with Crippen molar-refractivity contribution in [2.45, 2.75) is 32.3 Å². The van der Waals surface area contributed by atoms with Gasteiger partial charge in [0.2, 0.25) is 0 Å². The van der Waals surface area contributed by atoms with Crippen LogP contribution in [-0.4, -0.2) is 23.3 Å². The fraction of sp³-hybridized carbons (Fsp3) is 0.467. The summed E-state index contributed by atoms with van der Waals surface area (Å²) < 4.78 is 5.94. The van der Waals surface area contributed by atoms with E-state index in [4.69, 9.17) is 4.74 Å². The average Bonchev–Trinajstić information content (AvgIpc) is 3.09. The van der Waals surface area contributed by atoms with Crippen molar-refractivity contribution < 1.29 is 4.74 Å². The molecule has 1 aromatic carbocycles. The van der Waals surface area contributed by atoms with Crippen molar-refractivity contribution in [3.05, 3.63) is 39.8 Å². The zero-order valence-corrected chi connectivity index (χ0v) is 12.4. The summed E-state index contributed by atoms with van der Waals surface area (Å²) in [5.74, 6) is 0.987. The van der Waals surface area contributed by atoms with Crippen molar-refractivity contribution in [2.24, 2.45) is 0 Å². The number of hydrogen-bond donors (Lipinski definition) is 1. The predicted molar refractivity (Wildman–Crippen MR) is 80.3 cm³/mol. The van der Waals surface area contributed by atoms with Crippen molar-refractivity contribution in [1.82, 2.24) is 15.5 Å². The molecule has 1 aromatic heterocycles. The SMILES string of the molecule is CCNCCCc1nnc(C2Cc3ccccc3O2)s1. The second-order valence-electron chi connectivity index (χ2n) is 4.91. The van der Waals surface area contributed by atoms with Gasteiger partial charge in [0, 0.05) is 12.8 Å². The van der Waals surface area contributed by atoms with E-state index < -0.39 is 0 Å². The van der Waals surface area contributed by atoms with E-state index in [2.05, 4.69) is 34.6 Å². The summed E-state index contributed by atoms with van der Waals surface area (Å²) in [5, 5.41) is 14.0. The number of nitrogens with one attached hydrogen (secondary N) is 1. The quantitative estimate of drug-likeness (QED) is 0.831. The van der Waals surface area contributed by atoms with Gasteiger partial charge >= 0.3 is 0 Å². The Morgan fingerprint density at radius 1 is 1.35 bits per heavy atom. The van der Waals surface area contributed by atoms with Gasteiger partial charge < -0.3 is 10.1 Å². The molecule has 0 aliphatic carbocycles. The zero-order chi connectivity index (χ0) is 13.8. The van der Waals surface area contributed by atoms with E-state index in [1.54, 1.807) is 11.3 Å². The Labute approximate surface area is 123 Å². The number of ether oxygens (including phenoxy) is 1. The monoisotopic (exact) mass is 289 g/mol. The molecule has 1 aliphatic rings. The third-order valence-corrected chi connectivity index (χ3v) is 4.47. The lowest BCUT2D eigenvalue weighted by molar-refractivity contribution is 0.237. The van der Waals surface area contributed by atoms with E-state index >= 15 is 0 Å². The van der Waals surface area contributed by atoms with Crippen LogP contribution in [0.3, 0.4) is 0 Å². The molecule has 0 bridgehead atoms. The van der Waals surface area contributed by atoms with Gasteiger partial charge in [-0.15, -0.1) is 10.2 Å². The number of fused-ring (bicyclic) bond motifs is 1. The minimum atomic E-state index is 0.0485. The van der Waals surface area contributed by atoms with Crippen LogP contribution >= 0.6 is 11.3 Å². The van der Waals surface area contributed by atoms with Gasteiger partial charge in [-0.2, -0.15) is 0 Å². The number of benzene rings is 1.